The van der Waals surface area contributed by atoms with Gasteiger partial charge in [-0.1, -0.05) is 0 Å². The van der Waals surface area contributed by atoms with Crippen LogP contribution in [0, 0.1) is 0 Å². The second kappa shape index (κ2) is 8.67. The van der Waals surface area contributed by atoms with Gasteiger partial charge >= 0.3 is 196 Å². The molecule has 0 amide bonds. The van der Waals surface area contributed by atoms with Gasteiger partial charge < -0.3 is 0 Å². The van der Waals surface area contributed by atoms with Crippen LogP contribution >= 0.6 is 11.6 Å². The Balaban J connectivity index is 1.64. The molecule has 0 aliphatic carbocycles. The number of imidazole rings is 1. The van der Waals surface area contributed by atoms with E-state index in [2.05, 4.69) is 0 Å². The first kappa shape index (κ1) is 20.6. The Morgan fingerprint density at radius 1 is 0.844 bits per heavy atom. The summed E-state index contributed by atoms with van der Waals surface area (Å²) in [6.07, 6.45) is 2.32. The van der Waals surface area contributed by atoms with Crippen molar-refractivity contribution in [2.75, 3.05) is 0 Å². The van der Waals surface area contributed by atoms with Crippen molar-refractivity contribution in [3.05, 3.63) is 101 Å². The van der Waals surface area contributed by atoms with Crippen molar-refractivity contribution < 1.29 is 10.2 Å². The standard InChI is InChI=1S/C25H18ClN3O2Se/c26-18-8-12-20(13-9-18)32-24-23-27-21(14-16-4-2-1-3-5-16)25(31)29(23)15-22(28-24)17-6-10-19(30)11-7-17/h1-13,15,30-31H,14H2. The number of hydrogen-bond donors (Lipinski definition) is 2. The van der Waals surface area contributed by atoms with Crippen molar-refractivity contribution in [1.82, 2.24) is 14.4 Å². The van der Waals surface area contributed by atoms with Gasteiger partial charge in [-0.25, -0.2) is 0 Å². The van der Waals surface area contributed by atoms with Crippen LogP contribution in [0.4, 0.5) is 0 Å². The van der Waals surface area contributed by atoms with Crippen molar-refractivity contribution in [1.29, 1.82) is 0 Å². The molecule has 0 atom stereocenters. The summed E-state index contributed by atoms with van der Waals surface area (Å²) in [6.45, 7) is 0. The van der Waals surface area contributed by atoms with Crippen molar-refractivity contribution >= 4 is 41.3 Å². The summed E-state index contributed by atoms with van der Waals surface area (Å²) in [6, 6.07) is 24.5. The average molecular weight is 507 g/mol. The molecule has 0 aliphatic rings. The Labute approximate surface area is 196 Å². The van der Waals surface area contributed by atoms with Gasteiger partial charge in [0, 0.05) is 0 Å². The molecule has 0 spiro atoms. The number of aromatic nitrogens is 3. The van der Waals surface area contributed by atoms with E-state index in [1.165, 1.54) is 0 Å². The third-order valence-corrected chi connectivity index (χ3v) is 7.32. The molecule has 0 bridgehead atoms. The van der Waals surface area contributed by atoms with Crippen molar-refractivity contribution in [2.24, 2.45) is 0 Å². The zero-order valence-corrected chi connectivity index (χ0v) is 19.3. The number of aromatic hydroxyl groups is 2. The van der Waals surface area contributed by atoms with Gasteiger partial charge in [-0.15, -0.1) is 0 Å². The minimum atomic E-state index is -0.152. The van der Waals surface area contributed by atoms with Crippen LogP contribution in [0.1, 0.15) is 11.3 Å². The van der Waals surface area contributed by atoms with Gasteiger partial charge in [0.2, 0.25) is 0 Å². The number of hydrogen-bond acceptors (Lipinski definition) is 4. The molecule has 0 radical (unpaired) electrons. The summed E-state index contributed by atoms with van der Waals surface area (Å²) < 4.78 is 3.62. The molecule has 2 N–H and O–H groups in total. The maximum atomic E-state index is 11.0. The van der Waals surface area contributed by atoms with Crippen LogP contribution in [0.3, 0.4) is 0 Å². The van der Waals surface area contributed by atoms with E-state index in [1.807, 2.05) is 54.6 Å². The number of nitrogens with zero attached hydrogens (tertiary/aromatic N) is 3. The van der Waals surface area contributed by atoms with E-state index in [-0.39, 0.29) is 26.6 Å². The van der Waals surface area contributed by atoms with E-state index in [0.29, 0.717) is 28.5 Å². The second-order valence-corrected chi connectivity index (χ2v) is 9.94. The zero-order chi connectivity index (χ0) is 22.1. The molecule has 7 heteroatoms. The van der Waals surface area contributed by atoms with Crippen LogP contribution in [0.15, 0.2) is 85.1 Å². The van der Waals surface area contributed by atoms with Gasteiger partial charge in [-0.05, 0) is 0 Å². The summed E-state index contributed by atoms with van der Waals surface area (Å²) in [5.74, 6) is 0.301. The Morgan fingerprint density at radius 2 is 1.56 bits per heavy atom. The summed E-state index contributed by atoms with van der Waals surface area (Å²) >= 11 is 5.90. The number of halogens is 1. The van der Waals surface area contributed by atoms with Crippen LogP contribution < -0.4 is 9.05 Å². The van der Waals surface area contributed by atoms with Gasteiger partial charge in [-0.3, -0.25) is 0 Å². The van der Waals surface area contributed by atoms with Gasteiger partial charge in [-0.2, -0.15) is 0 Å². The van der Waals surface area contributed by atoms with Crippen LogP contribution in [-0.2, 0) is 6.42 Å². The third kappa shape index (κ3) is 4.21. The molecule has 2 heterocycles. The summed E-state index contributed by atoms with van der Waals surface area (Å²) in [4.78, 5) is 9.67. The van der Waals surface area contributed by atoms with Crippen LogP contribution in [0.5, 0.6) is 11.6 Å². The van der Waals surface area contributed by atoms with Gasteiger partial charge in [0.05, 0.1) is 0 Å². The SMILES string of the molecule is Oc1ccc(-c2cn3c(O)c(Cc4ccccc4)nc3c([Se]c3ccc(Cl)cc3)n2)cc1. The Bertz CT molecular complexity index is 1390. The van der Waals surface area contributed by atoms with E-state index in [4.69, 9.17) is 21.6 Å². The predicted octanol–water partition coefficient (Wildman–Crippen LogP) is 3.71. The van der Waals surface area contributed by atoms with Crippen molar-refractivity contribution in [3.63, 3.8) is 0 Å². The fourth-order valence-electron chi connectivity index (χ4n) is 3.42. The van der Waals surface area contributed by atoms with Crippen LogP contribution in [0.25, 0.3) is 16.9 Å². The molecule has 5 rings (SSSR count). The molecular weight excluding hydrogens is 489 g/mol. The summed E-state index contributed by atoms with van der Waals surface area (Å²) in [7, 11) is 0. The molecule has 5 aromatic rings. The Hall–Kier alpha value is -3.31. The van der Waals surface area contributed by atoms with Gasteiger partial charge in [0.15, 0.2) is 0 Å². The normalized spacial score (nSPS) is 11.2. The average Bonchev–Trinajstić information content (AvgIpc) is 3.12. The second-order valence-electron chi connectivity index (χ2n) is 7.27. The zero-order valence-electron chi connectivity index (χ0n) is 16.8. The first-order valence-electron chi connectivity index (χ1n) is 9.94. The first-order valence-corrected chi connectivity index (χ1v) is 12.0. The maximum absolute atomic E-state index is 11.0. The Morgan fingerprint density at radius 3 is 2.28 bits per heavy atom. The van der Waals surface area contributed by atoms with E-state index in [1.54, 1.807) is 34.9 Å². The molecule has 0 fully saturated rings. The topological polar surface area (TPSA) is 70.7 Å². The molecule has 3 aromatic carbocycles. The predicted molar refractivity (Wildman–Crippen MR) is 127 cm³/mol. The minimum absolute atomic E-state index is 0.111. The van der Waals surface area contributed by atoms with E-state index in [9.17, 15) is 10.2 Å². The molecule has 0 saturated carbocycles. The van der Waals surface area contributed by atoms with E-state index in [0.717, 1.165) is 20.2 Å². The molecule has 0 unspecified atom stereocenters. The number of phenols is 1. The number of rotatable bonds is 5. The van der Waals surface area contributed by atoms with E-state index < -0.39 is 0 Å². The van der Waals surface area contributed by atoms with Crippen molar-refractivity contribution in [3.8, 4) is 22.9 Å². The third-order valence-electron chi connectivity index (χ3n) is 5.03. The Kier molecular flexibility index (Phi) is 5.58. The molecule has 0 aliphatic heterocycles. The molecule has 2 aromatic heterocycles. The monoisotopic (exact) mass is 507 g/mol. The number of benzene rings is 3. The fraction of sp³-hybridized carbons (Fsp3) is 0.0400. The van der Waals surface area contributed by atoms with Crippen molar-refractivity contribution in [2.45, 2.75) is 6.42 Å². The molecule has 5 nitrogen and oxygen atoms in total. The fourth-order valence-corrected chi connectivity index (χ4v) is 5.38. The summed E-state index contributed by atoms with van der Waals surface area (Å²) in [5, 5.41) is 21.4. The molecule has 32 heavy (non-hydrogen) atoms. The molecule has 0 saturated heterocycles. The molecular formula is C25H18ClN3O2Se. The molecule has 158 valence electrons. The number of phenolic OH excluding ortho intramolecular Hbond substituents is 1. The van der Waals surface area contributed by atoms with Crippen LogP contribution in [0.2, 0.25) is 5.02 Å². The van der Waals surface area contributed by atoms with Gasteiger partial charge in [0.25, 0.3) is 0 Å². The van der Waals surface area contributed by atoms with Gasteiger partial charge in [0.1, 0.15) is 0 Å². The summed E-state index contributed by atoms with van der Waals surface area (Å²) in [5.41, 5.74) is 3.86. The number of fused-ring (bicyclic) bond motifs is 1. The quantitative estimate of drug-likeness (QED) is 0.357. The van der Waals surface area contributed by atoms with Crippen LogP contribution in [-0.4, -0.2) is 39.5 Å². The first-order chi connectivity index (χ1) is 15.6. The van der Waals surface area contributed by atoms with E-state index >= 15 is 0 Å².